The first kappa shape index (κ1) is 10.7. The smallest absolute Gasteiger partial charge is 0.0424 e. The van der Waals surface area contributed by atoms with Crippen LogP contribution in [-0.4, -0.2) is 12.8 Å². The Bertz CT molecular complexity index is 309. The zero-order valence-corrected chi connectivity index (χ0v) is 8.90. The van der Waals surface area contributed by atoms with Gasteiger partial charge in [0.05, 0.1) is 0 Å². The molecule has 1 nitrogen and oxygen atoms in total. The first-order chi connectivity index (χ1) is 6.97. The minimum absolute atomic E-state index is 0.941. The van der Waals surface area contributed by atoms with Crippen molar-refractivity contribution in [3.05, 3.63) is 42.0 Å². The van der Waals surface area contributed by atoms with Crippen LogP contribution in [-0.2, 0) is 0 Å². The molecule has 0 spiro atoms. The molecule has 1 heteroatoms. The zero-order valence-electron chi connectivity index (χ0n) is 8.90. The fourth-order valence-corrected chi connectivity index (χ4v) is 1.33. The molecule has 0 atom stereocenters. The lowest BCUT2D eigenvalue weighted by Gasteiger charge is -2.05. The van der Waals surface area contributed by atoms with Crippen LogP contribution in [0.4, 0.5) is 0 Å². The molecule has 2 rings (SSSR count). The van der Waals surface area contributed by atoms with Gasteiger partial charge in [0.15, 0.2) is 0 Å². The minimum Gasteiger partial charge on any atom is -0.292 e. The molecule has 0 saturated heterocycles. The van der Waals surface area contributed by atoms with Crippen molar-refractivity contribution >= 4 is 11.8 Å². The second-order valence-electron chi connectivity index (χ2n) is 2.85. The van der Waals surface area contributed by atoms with Crippen molar-refractivity contribution in [1.29, 1.82) is 0 Å². The van der Waals surface area contributed by atoms with E-state index in [9.17, 15) is 0 Å². The van der Waals surface area contributed by atoms with E-state index >= 15 is 0 Å². The Kier molecular flexibility index (Phi) is 4.70. The summed E-state index contributed by atoms with van der Waals surface area (Å²) in [4.78, 5) is 4.24. The standard InChI is InChI=1S/C11H11N.C2H6/c1-2-5-10(6-3-1)11-7-4-8-12-9-11;1-2/h1-3,5-7,9H,4,8H2;1-2H3. The highest BCUT2D eigenvalue weighted by atomic mass is 14.7. The van der Waals surface area contributed by atoms with Crippen molar-refractivity contribution < 1.29 is 0 Å². The third-order valence-corrected chi connectivity index (χ3v) is 1.96. The predicted octanol–water partition coefficient (Wildman–Crippen LogP) is 3.57. The van der Waals surface area contributed by atoms with E-state index in [0.717, 1.165) is 13.0 Å². The van der Waals surface area contributed by atoms with Gasteiger partial charge in [-0.25, -0.2) is 0 Å². The molecule has 1 aliphatic rings. The second kappa shape index (κ2) is 6.14. The van der Waals surface area contributed by atoms with Crippen LogP contribution in [0.5, 0.6) is 0 Å². The lowest BCUT2D eigenvalue weighted by molar-refractivity contribution is 1.01. The summed E-state index contributed by atoms with van der Waals surface area (Å²) in [5, 5.41) is 0. The number of aliphatic imine (C=N–C) groups is 1. The monoisotopic (exact) mass is 187 g/mol. The highest BCUT2D eigenvalue weighted by molar-refractivity contribution is 6.10. The van der Waals surface area contributed by atoms with E-state index in [0.29, 0.717) is 0 Å². The Morgan fingerprint density at radius 1 is 1.07 bits per heavy atom. The second-order valence-corrected chi connectivity index (χ2v) is 2.85. The Labute approximate surface area is 86.2 Å². The fraction of sp³-hybridized carbons (Fsp3) is 0.308. The molecule has 0 amide bonds. The maximum Gasteiger partial charge on any atom is 0.0424 e. The van der Waals surface area contributed by atoms with Crippen LogP contribution in [0.3, 0.4) is 0 Å². The van der Waals surface area contributed by atoms with Gasteiger partial charge in [0, 0.05) is 12.8 Å². The van der Waals surface area contributed by atoms with Crippen molar-refractivity contribution in [3.8, 4) is 0 Å². The van der Waals surface area contributed by atoms with Gasteiger partial charge in [0.2, 0.25) is 0 Å². The van der Waals surface area contributed by atoms with Gasteiger partial charge in [0.1, 0.15) is 0 Å². The maximum atomic E-state index is 4.24. The largest absolute Gasteiger partial charge is 0.292 e. The van der Waals surface area contributed by atoms with E-state index in [2.05, 4.69) is 35.3 Å². The Balaban J connectivity index is 0.000000461. The summed E-state index contributed by atoms with van der Waals surface area (Å²) in [5.74, 6) is 0. The summed E-state index contributed by atoms with van der Waals surface area (Å²) in [6.07, 6.45) is 5.27. The molecule has 0 unspecified atom stereocenters. The van der Waals surface area contributed by atoms with E-state index in [-0.39, 0.29) is 0 Å². The quantitative estimate of drug-likeness (QED) is 0.637. The average Bonchev–Trinajstić information content (AvgIpc) is 2.34. The van der Waals surface area contributed by atoms with Crippen molar-refractivity contribution in [1.82, 2.24) is 0 Å². The molecule has 0 N–H and O–H groups in total. The summed E-state index contributed by atoms with van der Waals surface area (Å²) in [6, 6.07) is 10.4. The average molecular weight is 187 g/mol. The molecule has 1 aromatic carbocycles. The lowest BCUT2D eigenvalue weighted by Crippen LogP contribution is -1.93. The van der Waals surface area contributed by atoms with Gasteiger partial charge in [-0.3, -0.25) is 4.99 Å². The van der Waals surface area contributed by atoms with E-state index < -0.39 is 0 Å². The molecule has 0 saturated carbocycles. The van der Waals surface area contributed by atoms with Gasteiger partial charge in [-0.05, 0) is 17.6 Å². The van der Waals surface area contributed by atoms with Crippen molar-refractivity contribution in [2.45, 2.75) is 20.3 Å². The molecule has 1 heterocycles. The molecule has 0 aliphatic carbocycles. The van der Waals surface area contributed by atoms with Crippen LogP contribution in [0.25, 0.3) is 5.57 Å². The number of hydrogen-bond donors (Lipinski definition) is 0. The molecule has 0 radical (unpaired) electrons. The molecule has 1 aliphatic heterocycles. The summed E-state index contributed by atoms with van der Waals surface area (Å²) in [6.45, 7) is 4.94. The van der Waals surface area contributed by atoms with Gasteiger partial charge < -0.3 is 0 Å². The molecule has 0 aromatic heterocycles. The zero-order chi connectivity index (χ0) is 10.2. The summed E-state index contributed by atoms with van der Waals surface area (Å²) in [7, 11) is 0. The number of benzene rings is 1. The molecule has 74 valence electrons. The number of dihydropyridines is 1. The Morgan fingerprint density at radius 3 is 2.36 bits per heavy atom. The van der Waals surface area contributed by atoms with E-state index in [4.69, 9.17) is 0 Å². The van der Waals surface area contributed by atoms with Crippen molar-refractivity contribution in [3.63, 3.8) is 0 Å². The van der Waals surface area contributed by atoms with Gasteiger partial charge in [0.25, 0.3) is 0 Å². The molecule has 1 aromatic rings. The first-order valence-electron chi connectivity index (χ1n) is 5.22. The molecular formula is C13H17N. The van der Waals surface area contributed by atoms with E-state index in [1.165, 1.54) is 11.1 Å². The van der Waals surface area contributed by atoms with Crippen LogP contribution in [0.2, 0.25) is 0 Å². The van der Waals surface area contributed by atoms with Crippen LogP contribution >= 0.6 is 0 Å². The minimum atomic E-state index is 0.941. The van der Waals surface area contributed by atoms with Crippen LogP contribution in [0.15, 0.2) is 41.4 Å². The predicted molar refractivity (Wildman–Crippen MR) is 63.7 cm³/mol. The van der Waals surface area contributed by atoms with Crippen molar-refractivity contribution in [2.75, 3.05) is 6.54 Å². The number of rotatable bonds is 1. The Morgan fingerprint density at radius 2 is 1.79 bits per heavy atom. The van der Waals surface area contributed by atoms with Crippen LogP contribution in [0, 0.1) is 0 Å². The third kappa shape index (κ3) is 2.84. The van der Waals surface area contributed by atoms with Gasteiger partial charge in [-0.15, -0.1) is 0 Å². The third-order valence-electron chi connectivity index (χ3n) is 1.96. The Hall–Kier alpha value is -1.37. The molecule has 14 heavy (non-hydrogen) atoms. The summed E-state index contributed by atoms with van der Waals surface area (Å²) in [5.41, 5.74) is 2.52. The van der Waals surface area contributed by atoms with Crippen LogP contribution < -0.4 is 0 Å². The van der Waals surface area contributed by atoms with Gasteiger partial charge in [-0.1, -0.05) is 50.3 Å². The normalized spacial score (nSPS) is 14.0. The lowest BCUT2D eigenvalue weighted by atomic mass is 10.0. The molecular weight excluding hydrogens is 170 g/mol. The summed E-state index contributed by atoms with van der Waals surface area (Å²) < 4.78 is 0. The van der Waals surface area contributed by atoms with E-state index in [1.807, 2.05) is 26.1 Å². The van der Waals surface area contributed by atoms with Gasteiger partial charge in [-0.2, -0.15) is 0 Å². The highest BCUT2D eigenvalue weighted by Crippen LogP contribution is 2.14. The molecule has 0 bridgehead atoms. The fourth-order valence-electron chi connectivity index (χ4n) is 1.33. The van der Waals surface area contributed by atoms with Gasteiger partial charge >= 0.3 is 0 Å². The maximum absolute atomic E-state index is 4.24. The number of hydrogen-bond acceptors (Lipinski definition) is 1. The highest BCUT2D eigenvalue weighted by Gasteiger charge is 1.99. The number of nitrogens with zero attached hydrogens (tertiary/aromatic N) is 1. The topological polar surface area (TPSA) is 12.4 Å². The molecule has 0 fully saturated rings. The van der Waals surface area contributed by atoms with E-state index in [1.54, 1.807) is 0 Å². The van der Waals surface area contributed by atoms with Crippen molar-refractivity contribution in [2.24, 2.45) is 4.99 Å². The summed E-state index contributed by atoms with van der Waals surface area (Å²) >= 11 is 0. The SMILES string of the molecule is C1=NCCC=C1c1ccccc1.CC. The first-order valence-corrected chi connectivity index (χ1v) is 5.22. The van der Waals surface area contributed by atoms with Crippen LogP contribution in [0.1, 0.15) is 25.8 Å². The number of allylic oxidation sites excluding steroid dienone is 1.